The Kier molecular flexibility index (Phi) is 4.42. The van der Waals surface area contributed by atoms with Crippen molar-refractivity contribution >= 4 is 28.8 Å². The lowest BCUT2D eigenvalue weighted by Crippen LogP contribution is -2.37. The molecule has 0 saturated heterocycles. The molecule has 0 bridgehead atoms. The third kappa shape index (κ3) is 3.00. The highest BCUT2D eigenvalue weighted by atomic mass is 32.1. The summed E-state index contributed by atoms with van der Waals surface area (Å²) in [5, 5.41) is 0. The van der Waals surface area contributed by atoms with Gasteiger partial charge in [-0.25, -0.2) is 0 Å². The van der Waals surface area contributed by atoms with E-state index >= 15 is 0 Å². The van der Waals surface area contributed by atoms with Gasteiger partial charge in [0.25, 0.3) is 0 Å². The first-order valence-corrected chi connectivity index (χ1v) is 6.54. The lowest BCUT2D eigenvalue weighted by molar-refractivity contribution is -0.118. The van der Waals surface area contributed by atoms with E-state index in [1.165, 1.54) is 4.90 Å². The highest BCUT2D eigenvalue weighted by molar-refractivity contribution is 7.80. The summed E-state index contributed by atoms with van der Waals surface area (Å²) in [6, 6.07) is 12.9. The molecule has 1 amide bonds. The first-order chi connectivity index (χ1) is 9.61. The van der Waals surface area contributed by atoms with Crippen LogP contribution in [0.5, 0.6) is 0 Å². The van der Waals surface area contributed by atoms with E-state index in [0.717, 1.165) is 5.56 Å². The normalized spacial score (nSPS) is 11.7. The quantitative estimate of drug-likeness (QED) is 0.874. The SMILES string of the molecule is CN(C(=O)C(C(N)=S)c1ccccc1)c1cccnc1. The lowest BCUT2D eigenvalue weighted by Gasteiger charge is -2.23. The van der Waals surface area contributed by atoms with E-state index in [1.807, 2.05) is 36.4 Å². The van der Waals surface area contributed by atoms with Crippen LogP contribution in [0.2, 0.25) is 0 Å². The van der Waals surface area contributed by atoms with Gasteiger partial charge in [-0.15, -0.1) is 0 Å². The van der Waals surface area contributed by atoms with Crippen molar-refractivity contribution < 1.29 is 4.79 Å². The number of nitrogens with zero attached hydrogens (tertiary/aromatic N) is 2. The van der Waals surface area contributed by atoms with Crippen molar-refractivity contribution in [1.82, 2.24) is 4.98 Å². The third-order valence-corrected chi connectivity index (χ3v) is 3.26. The van der Waals surface area contributed by atoms with Crippen molar-refractivity contribution in [3.8, 4) is 0 Å². The van der Waals surface area contributed by atoms with Crippen molar-refractivity contribution in [2.75, 3.05) is 11.9 Å². The predicted molar refractivity (Wildman–Crippen MR) is 83.6 cm³/mol. The van der Waals surface area contributed by atoms with Gasteiger partial charge in [0.15, 0.2) is 0 Å². The molecule has 0 spiro atoms. The minimum atomic E-state index is -0.628. The largest absolute Gasteiger partial charge is 0.392 e. The Morgan fingerprint density at radius 1 is 1.25 bits per heavy atom. The van der Waals surface area contributed by atoms with Crippen molar-refractivity contribution in [1.29, 1.82) is 0 Å². The summed E-state index contributed by atoms with van der Waals surface area (Å²) in [5.74, 6) is -0.798. The zero-order valence-corrected chi connectivity index (χ0v) is 11.9. The van der Waals surface area contributed by atoms with E-state index in [0.29, 0.717) is 5.69 Å². The molecule has 20 heavy (non-hydrogen) atoms. The van der Waals surface area contributed by atoms with Gasteiger partial charge >= 0.3 is 0 Å². The minimum absolute atomic E-state index is 0.164. The molecule has 0 aliphatic carbocycles. The molecule has 1 heterocycles. The van der Waals surface area contributed by atoms with Crippen LogP contribution in [0.4, 0.5) is 5.69 Å². The van der Waals surface area contributed by atoms with Crippen LogP contribution >= 0.6 is 12.2 Å². The molecule has 1 unspecified atom stereocenters. The van der Waals surface area contributed by atoms with Crippen molar-refractivity contribution in [3.05, 3.63) is 60.4 Å². The number of pyridine rings is 1. The Bertz CT molecular complexity index is 601. The van der Waals surface area contributed by atoms with E-state index in [2.05, 4.69) is 4.98 Å². The van der Waals surface area contributed by atoms with Crippen LogP contribution in [0.3, 0.4) is 0 Å². The monoisotopic (exact) mass is 285 g/mol. The molecule has 0 radical (unpaired) electrons. The van der Waals surface area contributed by atoms with Gasteiger partial charge in [-0.3, -0.25) is 9.78 Å². The van der Waals surface area contributed by atoms with Gasteiger partial charge in [0.05, 0.1) is 16.9 Å². The number of carbonyl (C=O) groups is 1. The smallest absolute Gasteiger partial charge is 0.241 e. The summed E-state index contributed by atoms with van der Waals surface area (Å²) in [6.45, 7) is 0. The van der Waals surface area contributed by atoms with Crippen LogP contribution in [0.15, 0.2) is 54.9 Å². The number of nitrogens with two attached hydrogens (primary N) is 1. The Labute approximate surface area is 123 Å². The van der Waals surface area contributed by atoms with Gasteiger partial charge in [0.1, 0.15) is 5.92 Å². The van der Waals surface area contributed by atoms with E-state index in [9.17, 15) is 4.79 Å². The molecule has 2 rings (SSSR count). The van der Waals surface area contributed by atoms with Crippen molar-refractivity contribution in [2.24, 2.45) is 5.73 Å². The molecule has 2 aromatic rings. The summed E-state index contributed by atoms with van der Waals surface area (Å²) in [6.07, 6.45) is 3.28. The average Bonchev–Trinajstić information content (AvgIpc) is 2.48. The molecule has 102 valence electrons. The maximum Gasteiger partial charge on any atom is 0.241 e. The molecule has 0 saturated carbocycles. The van der Waals surface area contributed by atoms with Crippen LogP contribution in [0.25, 0.3) is 0 Å². The summed E-state index contributed by atoms with van der Waals surface area (Å²) >= 11 is 5.06. The summed E-state index contributed by atoms with van der Waals surface area (Å²) in [7, 11) is 1.69. The maximum absolute atomic E-state index is 12.6. The number of hydrogen-bond acceptors (Lipinski definition) is 3. The number of amides is 1. The zero-order valence-electron chi connectivity index (χ0n) is 11.1. The van der Waals surface area contributed by atoms with Crippen LogP contribution < -0.4 is 10.6 Å². The van der Waals surface area contributed by atoms with Crippen LogP contribution in [0, 0.1) is 0 Å². The molecule has 0 fully saturated rings. The Morgan fingerprint density at radius 2 is 1.95 bits per heavy atom. The highest BCUT2D eigenvalue weighted by Gasteiger charge is 2.27. The van der Waals surface area contributed by atoms with Gasteiger partial charge in [-0.2, -0.15) is 0 Å². The first kappa shape index (κ1) is 14.1. The van der Waals surface area contributed by atoms with Crippen molar-refractivity contribution in [3.63, 3.8) is 0 Å². The fourth-order valence-electron chi connectivity index (χ4n) is 1.95. The number of aromatic nitrogens is 1. The molecule has 1 aromatic heterocycles. The molecule has 1 atom stereocenters. The molecule has 0 aliphatic heterocycles. The van der Waals surface area contributed by atoms with Crippen LogP contribution in [-0.4, -0.2) is 22.9 Å². The fourth-order valence-corrected chi connectivity index (χ4v) is 2.18. The summed E-state index contributed by atoms with van der Waals surface area (Å²) in [4.78, 5) is 18.3. The van der Waals surface area contributed by atoms with Crippen LogP contribution in [0.1, 0.15) is 11.5 Å². The number of likely N-dealkylation sites (N-methyl/N-ethyl adjacent to an activating group) is 1. The maximum atomic E-state index is 12.6. The molecular formula is C15H15N3OS. The Balaban J connectivity index is 2.31. The van der Waals surface area contributed by atoms with Gasteiger partial charge in [0.2, 0.25) is 5.91 Å². The second-order valence-corrected chi connectivity index (χ2v) is 4.83. The molecule has 0 aliphatic rings. The fraction of sp³-hybridized carbons (Fsp3) is 0.133. The average molecular weight is 285 g/mol. The number of benzene rings is 1. The standard InChI is InChI=1S/C15H15N3OS/c1-18(12-8-5-9-17-10-12)15(19)13(14(16)20)11-6-3-2-4-7-11/h2-10,13H,1H3,(H2,16,20). The van der Waals surface area contributed by atoms with Gasteiger partial charge < -0.3 is 10.6 Å². The van der Waals surface area contributed by atoms with Gasteiger partial charge in [-0.1, -0.05) is 42.5 Å². The highest BCUT2D eigenvalue weighted by Crippen LogP contribution is 2.21. The summed E-state index contributed by atoms with van der Waals surface area (Å²) in [5.41, 5.74) is 7.25. The molecule has 5 heteroatoms. The Morgan fingerprint density at radius 3 is 2.50 bits per heavy atom. The number of rotatable bonds is 4. The van der Waals surface area contributed by atoms with Gasteiger partial charge in [0, 0.05) is 13.2 Å². The zero-order chi connectivity index (χ0) is 14.5. The number of anilines is 1. The second-order valence-electron chi connectivity index (χ2n) is 4.35. The lowest BCUT2D eigenvalue weighted by atomic mass is 9.97. The number of thiocarbonyl (C=S) groups is 1. The van der Waals surface area contributed by atoms with E-state index in [1.54, 1.807) is 25.5 Å². The van der Waals surface area contributed by atoms with E-state index < -0.39 is 5.92 Å². The van der Waals surface area contributed by atoms with Gasteiger partial charge in [-0.05, 0) is 17.7 Å². The van der Waals surface area contributed by atoms with Crippen molar-refractivity contribution in [2.45, 2.75) is 5.92 Å². The topological polar surface area (TPSA) is 59.2 Å². The molecule has 4 nitrogen and oxygen atoms in total. The Hall–Kier alpha value is -2.27. The predicted octanol–water partition coefficient (Wildman–Crippen LogP) is 2.11. The number of carbonyl (C=O) groups excluding carboxylic acids is 1. The molecule has 2 N–H and O–H groups in total. The summed E-state index contributed by atoms with van der Waals surface area (Å²) < 4.78 is 0. The number of hydrogen-bond donors (Lipinski definition) is 1. The third-order valence-electron chi connectivity index (χ3n) is 3.03. The second kappa shape index (κ2) is 6.25. The molecule has 1 aromatic carbocycles. The minimum Gasteiger partial charge on any atom is -0.392 e. The van der Waals surface area contributed by atoms with E-state index in [-0.39, 0.29) is 10.9 Å². The van der Waals surface area contributed by atoms with E-state index in [4.69, 9.17) is 18.0 Å². The molecular weight excluding hydrogens is 270 g/mol. The van der Waals surface area contributed by atoms with Crippen LogP contribution in [-0.2, 0) is 4.79 Å². The first-order valence-electron chi connectivity index (χ1n) is 6.13.